The van der Waals surface area contributed by atoms with Crippen molar-refractivity contribution in [1.82, 2.24) is 10.2 Å². The number of nitrogens with zero attached hydrogens (tertiary/aromatic N) is 3. The first-order chi connectivity index (χ1) is 9.22. The molecule has 0 fully saturated rings. The molecule has 1 N–H and O–H groups in total. The van der Waals surface area contributed by atoms with Crippen molar-refractivity contribution in [3.05, 3.63) is 35.9 Å². The Morgan fingerprint density at radius 1 is 1.32 bits per heavy atom. The van der Waals surface area contributed by atoms with Gasteiger partial charge in [0.1, 0.15) is 10.7 Å². The summed E-state index contributed by atoms with van der Waals surface area (Å²) in [5, 5.41) is 8.20. The van der Waals surface area contributed by atoms with Gasteiger partial charge >= 0.3 is 0 Å². The van der Waals surface area contributed by atoms with Crippen LogP contribution in [0.2, 0.25) is 0 Å². The van der Waals surface area contributed by atoms with Gasteiger partial charge in [-0.3, -0.25) is 10.1 Å². The molecule has 0 aliphatic rings. The monoisotopic (exact) mass is 274 g/mol. The van der Waals surface area contributed by atoms with Crippen LogP contribution in [-0.4, -0.2) is 36.8 Å². The van der Waals surface area contributed by atoms with Gasteiger partial charge in [0, 0.05) is 26.7 Å². The lowest BCUT2D eigenvalue weighted by atomic mass is 10.2. The van der Waals surface area contributed by atoms with Crippen LogP contribution >= 0.6 is 11.8 Å². The highest BCUT2D eigenvalue weighted by molar-refractivity contribution is 7.98. The molecule has 0 aliphatic heterocycles. The Balaban J connectivity index is 2.16. The molecule has 0 bridgehead atoms. The van der Waals surface area contributed by atoms with Gasteiger partial charge in [-0.1, -0.05) is 30.3 Å². The third-order valence-electron chi connectivity index (χ3n) is 2.72. The summed E-state index contributed by atoms with van der Waals surface area (Å²) in [7, 11) is 3.96. The van der Waals surface area contributed by atoms with Gasteiger partial charge in [-0.05, 0) is 11.8 Å². The summed E-state index contributed by atoms with van der Waals surface area (Å²) >= 11 is 1.60. The van der Waals surface area contributed by atoms with E-state index >= 15 is 0 Å². The molecule has 0 radical (unpaired) electrons. The van der Waals surface area contributed by atoms with Crippen molar-refractivity contribution in [2.75, 3.05) is 25.3 Å². The zero-order valence-electron chi connectivity index (χ0n) is 11.4. The second-order valence-corrected chi connectivity index (χ2v) is 5.12. The molecule has 2 rings (SSSR count). The van der Waals surface area contributed by atoms with E-state index in [1.807, 2.05) is 49.7 Å². The molecule has 0 aliphatic carbocycles. The Morgan fingerprint density at radius 3 is 2.68 bits per heavy atom. The Hall–Kier alpha value is -1.75. The van der Waals surface area contributed by atoms with Gasteiger partial charge in [-0.25, -0.2) is 0 Å². The number of hydrogen-bond donors (Lipinski definition) is 1. The number of nitrogens with one attached hydrogen (secondary N) is 1. The van der Waals surface area contributed by atoms with Crippen molar-refractivity contribution < 1.29 is 0 Å². The number of aromatic amines is 1. The molecular formula is C14H18N4S. The lowest BCUT2D eigenvalue weighted by Crippen LogP contribution is -2.09. The first kappa shape index (κ1) is 13.7. The lowest BCUT2D eigenvalue weighted by Gasteiger charge is -2.09. The van der Waals surface area contributed by atoms with E-state index in [4.69, 9.17) is 0 Å². The molecule has 5 heteroatoms. The maximum absolute atomic E-state index is 4.57. The number of anilines is 1. The van der Waals surface area contributed by atoms with E-state index in [2.05, 4.69) is 27.3 Å². The SMILES string of the molecule is CSc1n[nH]c(N(C)C)c1N=CCc1ccccc1. The van der Waals surface area contributed by atoms with Crippen LogP contribution < -0.4 is 4.90 Å². The number of thioether (sulfide) groups is 1. The van der Waals surface area contributed by atoms with E-state index in [0.717, 1.165) is 23.0 Å². The Bertz CT molecular complexity index is 546. The van der Waals surface area contributed by atoms with Crippen LogP contribution in [0.3, 0.4) is 0 Å². The van der Waals surface area contributed by atoms with E-state index in [1.165, 1.54) is 5.56 Å². The van der Waals surface area contributed by atoms with Gasteiger partial charge in [-0.15, -0.1) is 11.8 Å². The third-order valence-corrected chi connectivity index (χ3v) is 3.39. The number of hydrogen-bond acceptors (Lipinski definition) is 4. The average molecular weight is 274 g/mol. The van der Waals surface area contributed by atoms with Crippen LogP contribution in [-0.2, 0) is 6.42 Å². The van der Waals surface area contributed by atoms with Crippen LogP contribution in [0, 0.1) is 0 Å². The fourth-order valence-corrected chi connectivity index (χ4v) is 2.22. The van der Waals surface area contributed by atoms with Gasteiger partial charge in [0.05, 0.1) is 0 Å². The van der Waals surface area contributed by atoms with E-state index in [-0.39, 0.29) is 0 Å². The van der Waals surface area contributed by atoms with Crippen molar-refractivity contribution >= 4 is 29.5 Å². The minimum Gasteiger partial charge on any atom is -0.361 e. The minimum absolute atomic E-state index is 0.826. The number of aromatic nitrogens is 2. The van der Waals surface area contributed by atoms with Gasteiger partial charge in [0.15, 0.2) is 5.82 Å². The summed E-state index contributed by atoms with van der Waals surface area (Å²) < 4.78 is 0. The predicted octanol–water partition coefficient (Wildman–Crippen LogP) is 3.14. The first-order valence-corrected chi connectivity index (χ1v) is 7.31. The fourth-order valence-electron chi connectivity index (χ4n) is 1.74. The number of H-pyrrole nitrogens is 1. The van der Waals surface area contributed by atoms with Crippen molar-refractivity contribution in [2.45, 2.75) is 11.4 Å². The summed E-state index contributed by atoms with van der Waals surface area (Å²) in [5.41, 5.74) is 2.17. The van der Waals surface area contributed by atoms with Crippen molar-refractivity contribution in [3.8, 4) is 0 Å². The second kappa shape index (κ2) is 6.43. The lowest BCUT2D eigenvalue weighted by molar-refractivity contribution is 0.973. The molecule has 1 aromatic carbocycles. The summed E-state index contributed by atoms with van der Waals surface area (Å²) in [6.45, 7) is 0. The van der Waals surface area contributed by atoms with Gasteiger partial charge < -0.3 is 4.90 Å². The zero-order valence-corrected chi connectivity index (χ0v) is 12.2. The number of rotatable bonds is 5. The minimum atomic E-state index is 0.826. The van der Waals surface area contributed by atoms with Crippen LogP contribution in [0.5, 0.6) is 0 Å². The molecule has 0 spiro atoms. The average Bonchev–Trinajstić information content (AvgIpc) is 2.83. The van der Waals surface area contributed by atoms with Crippen molar-refractivity contribution in [1.29, 1.82) is 0 Å². The molecule has 0 atom stereocenters. The molecule has 19 heavy (non-hydrogen) atoms. The summed E-state index contributed by atoms with van der Waals surface area (Å²) in [6, 6.07) is 10.3. The molecule has 0 saturated carbocycles. The number of aliphatic imine (C=N–C) groups is 1. The highest BCUT2D eigenvalue weighted by atomic mass is 32.2. The fraction of sp³-hybridized carbons (Fsp3) is 0.286. The van der Waals surface area contributed by atoms with Crippen molar-refractivity contribution in [2.24, 2.45) is 4.99 Å². The molecular weight excluding hydrogens is 256 g/mol. The van der Waals surface area contributed by atoms with Crippen LogP contribution in [0.4, 0.5) is 11.5 Å². The molecule has 2 aromatic rings. The Kier molecular flexibility index (Phi) is 4.63. The van der Waals surface area contributed by atoms with E-state index in [9.17, 15) is 0 Å². The second-order valence-electron chi connectivity index (χ2n) is 4.33. The van der Waals surface area contributed by atoms with E-state index in [1.54, 1.807) is 11.8 Å². The highest BCUT2D eigenvalue weighted by Gasteiger charge is 2.12. The maximum Gasteiger partial charge on any atom is 0.151 e. The highest BCUT2D eigenvalue weighted by Crippen LogP contribution is 2.33. The maximum atomic E-state index is 4.57. The third kappa shape index (κ3) is 3.38. The molecule has 0 saturated heterocycles. The smallest absolute Gasteiger partial charge is 0.151 e. The van der Waals surface area contributed by atoms with E-state index < -0.39 is 0 Å². The molecule has 1 aromatic heterocycles. The molecule has 1 heterocycles. The molecule has 0 amide bonds. The normalized spacial score (nSPS) is 11.1. The largest absolute Gasteiger partial charge is 0.361 e. The van der Waals surface area contributed by atoms with Gasteiger partial charge in [-0.2, -0.15) is 5.10 Å². The summed E-state index contributed by atoms with van der Waals surface area (Å²) in [5.74, 6) is 0.939. The predicted molar refractivity (Wildman–Crippen MR) is 83.0 cm³/mol. The van der Waals surface area contributed by atoms with Crippen LogP contribution in [0.1, 0.15) is 5.56 Å². The zero-order chi connectivity index (χ0) is 13.7. The molecule has 4 nitrogen and oxygen atoms in total. The Morgan fingerprint density at radius 2 is 2.05 bits per heavy atom. The van der Waals surface area contributed by atoms with Crippen molar-refractivity contribution in [3.63, 3.8) is 0 Å². The standard InChI is InChI=1S/C14H18N4S/c1-18(2)13-12(14(19-3)17-16-13)15-10-9-11-7-5-4-6-8-11/h4-8,10H,9H2,1-3H3,(H,16,17). The number of benzene rings is 1. The van der Waals surface area contributed by atoms with Gasteiger partial charge in [0.25, 0.3) is 0 Å². The van der Waals surface area contributed by atoms with E-state index in [0.29, 0.717) is 0 Å². The topological polar surface area (TPSA) is 44.3 Å². The Labute approximate surface area is 117 Å². The molecule has 100 valence electrons. The summed E-state index contributed by atoms with van der Waals surface area (Å²) in [4.78, 5) is 6.56. The molecule has 0 unspecified atom stereocenters. The summed E-state index contributed by atoms with van der Waals surface area (Å²) in [6.07, 6.45) is 4.77. The van der Waals surface area contributed by atoms with Crippen LogP contribution in [0.25, 0.3) is 0 Å². The quantitative estimate of drug-likeness (QED) is 0.673. The van der Waals surface area contributed by atoms with Gasteiger partial charge in [0.2, 0.25) is 0 Å². The van der Waals surface area contributed by atoms with Crippen LogP contribution in [0.15, 0.2) is 40.4 Å². The first-order valence-electron chi connectivity index (χ1n) is 6.08.